The summed E-state index contributed by atoms with van der Waals surface area (Å²) in [6.07, 6.45) is 1.44. The van der Waals surface area contributed by atoms with E-state index in [2.05, 4.69) is 5.10 Å². The Balaban J connectivity index is 1.36. The molecular formula is C17H16N4O5S. The minimum atomic E-state index is -0.721. The fraction of sp³-hybridized carbons (Fsp3) is 0.294. The molecule has 1 aliphatic heterocycles. The van der Waals surface area contributed by atoms with E-state index in [1.807, 2.05) is 11.4 Å². The van der Waals surface area contributed by atoms with Crippen LogP contribution in [0.4, 0.5) is 0 Å². The predicted octanol–water partition coefficient (Wildman–Crippen LogP) is 1.14. The van der Waals surface area contributed by atoms with Crippen molar-refractivity contribution >= 4 is 23.2 Å². The van der Waals surface area contributed by atoms with Crippen LogP contribution < -0.4 is 5.76 Å². The van der Waals surface area contributed by atoms with Gasteiger partial charge in [0.2, 0.25) is 5.91 Å². The number of piperazine rings is 1. The lowest BCUT2D eigenvalue weighted by atomic mass is 10.3. The van der Waals surface area contributed by atoms with Crippen molar-refractivity contribution in [1.82, 2.24) is 19.6 Å². The van der Waals surface area contributed by atoms with E-state index in [0.29, 0.717) is 36.8 Å². The second-order valence-electron chi connectivity index (χ2n) is 5.96. The Morgan fingerprint density at radius 2 is 1.89 bits per heavy atom. The molecule has 1 aliphatic rings. The third kappa shape index (κ3) is 3.56. The number of carbonyl (C=O) groups is 2. The van der Waals surface area contributed by atoms with Gasteiger partial charge in [0.1, 0.15) is 6.54 Å². The Morgan fingerprint density at radius 1 is 1.11 bits per heavy atom. The SMILES string of the molecule is O=C(Cn1nc(-c2ccco2)oc1=O)N1CCN(C(=O)c2cccs2)CC1. The molecule has 0 aliphatic carbocycles. The first-order valence-corrected chi connectivity index (χ1v) is 9.22. The Morgan fingerprint density at radius 3 is 2.56 bits per heavy atom. The number of hydrogen-bond acceptors (Lipinski definition) is 7. The molecule has 3 aromatic rings. The highest BCUT2D eigenvalue weighted by Gasteiger charge is 2.26. The van der Waals surface area contributed by atoms with Gasteiger partial charge in [-0.3, -0.25) is 9.59 Å². The molecule has 2 amide bonds. The zero-order valence-electron chi connectivity index (χ0n) is 14.2. The van der Waals surface area contributed by atoms with Crippen LogP contribution in [0.5, 0.6) is 0 Å². The minimum Gasteiger partial charge on any atom is -0.459 e. The van der Waals surface area contributed by atoms with Gasteiger partial charge in [0.25, 0.3) is 11.8 Å². The minimum absolute atomic E-state index is 0.0205. The van der Waals surface area contributed by atoms with Crippen molar-refractivity contribution in [2.45, 2.75) is 6.54 Å². The van der Waals surface area contributed by atoms with E-state index < -0.39 is 5.76 Å². The van der Waals surface area contributed by atoms with Gasteiger partial charge in [0, 0.05) is 26.2 Å². The molecule has 27 heavy (non-hydrogen) atoms. The van der Waals surface area contributed by atoms with E-state index in [1.54, 1.807) is 28.0 Å². The number of nitrogens with zero attached hydrogens (tertiary/aromatic N) is 4. The van der Waals surface area contributed by atoms with Crippen LogP contribution in [0.1, 0.15) is 9.67 Å². The number of carbonyl (C=O) groups excluding carboxylic acids is 2. The smallest absolute Gasteiger partial charge is 0.437 e. The average Bonchev–Trinajstić information content (AvgIpc) is 3.44. The molecule has 3 aromatic heterocycles. The van der Waals surface area contributed by atoms with Crippen LogP contribution in [-0.2, 0) is 11.3 Å². The van der Waals surface area contributed by atoms with E-state index in [1.165, 1.54) is 17.6 Å². The third-order valence-corrected chi connectivity index (χ3v) is 5.13. The van der Waals surface area contributed by atoms with Gasteiger partial charge in [0.05, 0.1) is 11.1 Å². The summed E-state index contributed by atoms with van der Waals surface area (Å²) in [5.41, 5.74) is 0. The quantitative estimate of drug-likeness (QED) is 0.664. The van der Waals surface area contributed by atoms with E-state index in [-0.39, 0.29) is 24.2 Å². The van der Waals surface area contributed by atoms with Crippen molar-refractivity contribution in [3.05, 3.63) is 51.3 Å². The highest BCUT2D eigenvalue weighted by atomic mass is 32.1. The van der Waals surface area contributed by atoms with Crippen LogP contribution in [0.25, 0.3) is 11.7 Å². The summed E-state index contributed by atoms with van der Waals surface area (Å²) in [5.74, 6) is -0.642. The fourth-order valence-electron chi connectivity index (χ4n) is 2.85. The van der Waals surface area contributed by atoms with Crippen molar-refractivity contribution in [3.63, 3.8) is 0 Å². The van der Waals surface area contributed by atoms with Crippen LogP contribution in [0.15, 0.2) is 49.5 Å². The lowest BCUT2D eigenvalue weighted by Gasteiger charge is -2.34. The molecule has 0 unspecified atom stereocenters. The molecular weight excluding hydrogens is 372 g/mol. The van der Waals surface area contributed by atoms with Gasteiger partial charge in [-0.25, -0.2) is 4.79 Å². The molecule has 0 saturated carbocycles. The molecule has 1 fully saturated rings. The highest BCUT2D eigenvalue weighted by molar-refractivity contribution is 7.12. The highest BCUT2D eigenvalue weighted by Crippen LogP contribution is 2.16. The van der Waals surface area contributed by atoms with Gasteiger partial charge >= 0.3 is 5.76 Å². The molecule has 1 saturated heterocycles. The van der Waals surface area contributed by atoms with Crippen LogP contribution >= 0.6 is 11.3 Å². The molecule has 0 atom stereocenters. The fourth-order valence-corrected chi connectivity index (χ4v) is 3.54. The van der Waals surface area contributed by atoms with Gasteiger partial charge in [-0.05, 0) is 23.6 Å². The lowest BCUT2D eigenvalue weighted by molar-refractivity contribution is -0.133. The topological polar surface area (TPSA) is 102 Å². The van der Waals surface area contributed by atoms with Gasteiger partial charge in [-0.15, -0.1) is 16.4 Å². The zero-order chi connectivity index (χ0) is 18.8. The first-order valence-electron chi connectivity index (χ1n) is 8.34. The van der Waals surface area contributed by atoms with Crippen molar-refractivity contribution in [2.75, 3.05) is 26.2 Å². The number of amides is 2. The van der Waals surface area contributed by atoms with Crippen molar-refractivity contribution in [3.8, 4) is 11.7 Å². The Hall–Kier alpha value is -3.14. The van der Waals surface area contributed by atoms with Crippen molar-refractivity contribution in [1.29, 1.82) is 0 Å². The Kier molecular flexibility index (Phi) is 4.63. The molecule has 4 heterocycles. The molecule has 0 bridgehead atoms. The van der Waals surface area contributed by atoms with Crippen LogP contribution in [0.2, 0.25) is 0 Å². The molecule has 10 heteroatoms. The molecule has 0 N–H and O–H groups in total. The maximum Gasteiger partial charge on any atom is 0.437 e. The first kappa shape index (κ1) is 17.3. The summed E-state index contributed by atoms with van der Waals surface area (Å²) >= 11 is 1.40. The summed E-state index contributed by atoms with van der Waals surface area (Å²) in [5, 5.41) is 5.86. The van der Waals surface area contributed by atoms with Gasteiger partial charge in [-0.2, -0.15) is 4.68 Å². The van der Waals surface area contributed by atoms with Crippen molar-refractivity contribution < 1.29 is 18.4 Å². The van der Waals surface area contributed by atoms with Gasteiger partial charge in [-0.1, -0.05) is 6.07 Å². The summed E-state index contributed by atoms with van der Waals surface area (Å²) in [4.78, 5) is 40.8. The summed E-state index contributed by atoms with van der Waals surface area (Å²) in [6, 6.07) is 6.89. The number of furan rings is 1. The molecule has 9 nitrogen and oxygen atoms in total. The summed E-state index contributed by atoms with van der Waals surface area (Å²) in [6.45, 7) is 1.50. The first-order chi connectivity index (χ1) is 13.1. The van der Waals surface area contributed by atoms with Crippen LogP contribution in [0, 0.1) is 0 Å². The largest absolute Gasteiger partial charge is 0.459 e. The standard InChI is InChI=1S/C17H16N4O5S/c22-14(11-21-17(24)26-15(18-21)12-3-1-9-25-12)19-5-7-20(8-6-19)16(23)13-4-2-10-27-13/h1-4,9-10H,5-8,11H2. The maximum atomic E-state index is 12.5. The van der Waals surface area contributed by atoms with Crippen LogP contribution in [0.3, 0.4) is 0 Å². The molecule has 0 aromatic carbocycles. The molecule has 0 radical (unpaired) electrons. The second kappa shape index (κ2) is 7.23. The van der Waals surface area contributed by atoms with Gasteiger partial charge in [0.15, 0.2) is 5.76 Å². The van der Waals surface area contributed by atoms with E-state index in [9.17, 15) is 14.4 Å². The number of rotatable bonds is 4. The Bertz CT molecular complexity index is 981. The van der Waals surface area contributed by atoms with E-state index >= 15 is 0 Å². The molecule has 4 rings (SSSR count). The predicted molar refractivity (Wildman–Crippen MR) is 95.3 cm³/mol. The monoisotopic (exact) mass is 388 g/mol. The number of aromatic nitrogens is 2. The average molecular weight is 388 g/mol. The molecule has 140 valence electrons. The van der Waals surface area contributed by atoms with Gasteiger partial charge < -0.3 is 18.6 Å². The third-order valence-electron chi connectivity index (χ3n) is 4.27. The van der Waals surface area contributed by atoms with E-state index in [0.717, 1.165) is 4.68 Å². The normalized spacial score (nSPS) is 14.5. The second-order valence-corrected chi connectivity index (χ2v) is 6.91. The number of thiophene rings is 1. The van der Waals surface area contributed by atoms with E-state index in [4.69, 9.17) is 8.83 Å². The van der Waals surface area contributed by atoms with Crippen LogP contribution in [-0.4, -0.2) is 57.6 Å². The summed E-state index contributed by atoms with van der Waals surface area (Å²) in [7, 11) is 0. The zero-order valence-corrected chi connectivity index (χ0v) is 15.1. The van der Waals surface area contributed by atoms with Crippen molar-refractivity contribution in [2.24, 2.45) is 0 Å². The lowest BCUT2D eigenvalue weighted by Crippen LogP contribution is -2.51. The Labute approximate surface area is 157 Å². The summed E-state index contributed by atoms with van der Waals surface area (Å²) < 4.78 is 11.1. The molecule has 0 spiro atoms. The maximum absolute atomic E-state index is 12.5. The number of hydrogen-bond donors (Lipinski definition) is 0.